The van der Waals surface area contributed by atoms with Gasteiger partial charge in [0.05, 0.1) is 24.5 Å². The van der Waals surface area contributed by atoms with Gasteiger partial charge in [0, 0.05) is 69.2 Å². The summed E-state index contributed by atoms with van der Waals surface area (Å²) >= 11 is 0. The van der Waals surface area contributed by atoms with Crippen LogP contribution < -0.4 is 5.32 Å². The van der Waals surface area contributed by atoms with E-state index < -0.39 is 24.3 Å². The Morgan fingerprint density at radius 2 is 1.69 bits per heavy atom. The number of amides is 1. The Bertz CT molecular complexity index is 1090. The van der Waals surface area contributed by atoms with E-state index in [1.54, 1.807) is 24.5 Å². The van der Waals surface area contributed by atoms with E-state index in [-0.39, 0.29) is 12.0 Å². The van der Waals surface area contributed by atoms with E-state index in [0.29, 0.717) is 23.9 Å². The van der Waals surface area contributed by atoms with Gasteiger partial charge in [0.2, 0.25) is 0 Å². The van der Waals surface area contributed by atoms with Crippen LogP contribution in [0, 0.1) is 11.8 Å². The topological polar surface area (TPSA) is 147 Å². The third kappa shape index (κ3) is 10.2. The molecule has 1 amide bonds. The molecule has 2 aliphatic heterocycles. The number of halogens is 6. The van der Waals surface area contributed by atoms with Crippen LogP contribution in [0.3, 0.4) is 0 Å². The average Bonchev–Trinajstić information content (AvgIpc) is 3.54. The summed E-state index contributed by atoms with van der Waals surface area (Å²) in [5, 5.41) is 21.5. The number of aliphatic carboxylic acids is 2. The maximum atomic E-state index is 12.2. The third-order valence-corrected chi connectivity index (χ3v) is 5.61. The van der Waals surface area contributed by atoms with E-state index in [1.807, 2.05) is 17.9 Å². The summed E-state index contributed by atoms with van der Waals surface area (Å²) in [7, 11) is 1.94. The number of likely N-dealkylation sites (tertiary alicyclic amines) is 1. The Morgan fingerprint density at radius 1 is 1.08 bits per heavy atom. The van der Waals surface area contributed by atoms with Crippen LogP contribution in [-0.4, -0.2) is 92.4 Å². The van der Waals surface area contributed by atoms with Crippen molar-refractivity contribution < 1.29 is 55.7 Å². The molecule has 2 aromatic heterocycles. The molecule has 17 heteroatoms. The third-order valence-electron chi connectivity index (χ3n) is 5.61. The highest BCUT2D eigenvalue weighted by Gasteiger charge is 2.43. The predicted molar refractivity (Wildman–Crippen MR) is 119 cm³/mol. The molecule has 11 nitrogen and oxygen atoms in total. The van der Waals surface area contributed by atoms with Crippen LogP contribution >= 0.6 is 0 Å². The number of hydrogen-bond donors (Lipinski definition) is 3. The fourth-order valence-electron chi connectivity index (χ4n) is 3.85. The molecule has 2 aromatic rings. The molecule has 0 aromatic carbocycles. The van der Waals surface area contributed by atoms with Crippen LogP contribution in [0.4, 0.5) is 26.3 Å². The minimum absolute atomic E-state index is 0.0678. The summed E-state index contributed by atoms with van der Waals surface area (Å²) in [6, 6.07) is 3.55. The van der Waals surface area contributed by atoms with E-state index in [1.165, 1.54) is 5.56 Å². The summed E-state index contributed by atoms with van der Waals surface area (Å²) < 4.78 is 71.3. The van der Waals surface area contributed by atoms with Gasteiger partial charge in [-0.05, 0) is 12.1 Å². The molecule has 2 fully saturated rings. The Labute approximate surface area is 217 Å². The molecule has 39 heavy (non-hydrogen) atoms. The molecule has 4 rings (SSSR count). The summed E-state index contributed by atoms with van der Waals surface area (Å²) in [5.41, 5.74) is 1.83. The molecule has 0 unspecified atom stereocenters. The van der Waals surface area contributed by atoms with Gasteiger partial charge in [0.25, 0.3) is 5.91 Å². The average molecular weight is 569 g/mol. The molecule has 0 spiro atoms. The van der Waals surface area contributed by atoms with Crippen molar-refractivity contribution in [3.05, 3.63) is 48.0 Å². The van der Waals surface area contributed by atoms with Crippen LogP contribution in [0.25, 0.3) is 0 Å². The number of carbonyl (C=O) groups excluding carboxylic acids is 1. The number of fused-ring (bicyclic) bond motifs is 1. The number of aromatic nitrogens is 3. The predicted octanol–water partition coefficient (Wildman–Crippen LogP) is 1.96. The molecular formula is C22H25F6N5O6. The molecule has 3 N–H and O–H groups in total. The number of hydrogen-bond acceptors (Lipinski definition) is 7. The Hall–Kier alpha value is -3.73. The summed E-state index contributed by atoms with van der Waals surface area (Å²) in [5.74, 6) is -4.74. The largest absolute Gasteiger partial charge is 0.490 e. The molecule has 2 aliphatic rings. The standard InChI is InChI=1S/C18H23N5O2.2C2HF3O2/c1-22-8-13(5-21-22)9-23-10-16-15(12-25-17(16)11-23)7-20-18(24)14-3-2-4-19-6-14;2*3-2(4,5)1(6)7/h2-6,8,15-17H,7,9-12H2,1H3,(H,20,24);2*(H,6,7)/t15-,16+,17+;;/m0../s1. The zero-order valence-electron chi connectivity index (χ0n) is 20.3. The van der Waals surface area contributed by atoms with E-state index in [2.05, 4.69) is 26.5 Å². The van der Waals surface area contributed by atoms with Crippen molar-refractivity contribution in [2.45, 2.75) is 25.0 Å². The van der Waals surface area contributed by atoms with Gasteiger partial charge in [-0.1, -0.05) is 0 Å². The van der Waals surface area contributed by atoms with E-state index >= 15 is 0 Å². The summed E-state index contributed by atoms with van der Waals surface area (Å²) in [6.45, 7) is 4.23. The highest BCUT2D eigenvalue weighted by Crippen LogP contribution is 2.34. The Morgan fingerprint density at radius 3 is 2.18 bits per heavy atom. The van der Waals surface area contributed by atoms with Crippen molar-refractivity contribution in [1.82, 2.24) is 25.0 Å². The zero-order valence-corrected chi connectivity index (χ0v) is 20.3. The fourth-order valence-corrected chi connectivity index (χ4v) is 3.85. The lowest BCUT2D eigenvalue weighted by Gasteiger charge is -2.19. The number of nitrogens with zero attached hydrogens (tertiary/aromatic N) is 4. The second-order valence-corrected chi connectivity index (χ2v) is 8.57. The molecule has 4 heterocycles. The van der Waals surface area contributed by atoms with E-state index in [4.69, 9.17) is 24.5 Å². The van der Waals surface area contributed by atoms with Gasteiger partial charge >= 0.3 is 24.3 Å². The van der Waals surface area contributed by atoms with Crippen LogP contribution in [0.2, 0.25) is 0 Å². The number of ether oxygens (including phenoxy) is 1. The van der Waals surface area contributed by atoms with Gasteiger partial charge in [-0.3, -0.25) is 19.4 Å². The second kappa shape index (κ2) is 13.4. The van der Waals surface area contributed by atoms with Crippen molar-refractivity contribution in [3.8, 4) is 0 Å². The second-order valence-electron chi connectivity index (χ2n) is 8.57. The lowest BCUT2D eigenvalue weighted by Crippen LogP contribution is -2.34. The fraction of sp³-hybridized carbons (Fsp3) is 0.500. The van der Waals surface area contributed by atoms with Gasteiger partial charge in [0.15, 0.2) is 0 Å². The quantitative estimate of drug-likeness (QED) is 0.460. The van der Waals surface area contributed by atoms with Gasteiger partial charge in [-0.25, -0.2) is 9.59 Å². The van der Waals surface area contributed by atoms with Crippen LogP contribution in [0.5, 0.6) is 0 Å². The molecular weight excluding hydrogens is 544 g/mol. The minimum atomic E-state index is -5.08. The van der Waals surface area contributed by atoms with Crippen LogP contribution in [0.1, 0.15) is 15.9 Å². The first-order valence-corrected chi connectivity index (χ1v) is 11.2. The molecule has 3 atom stereocenters. The zero-order chi connectivity index (χ0) is 29.4. The van der Waals surface area contributed by atoms with Crippen molar-refractivity contribution >= 4 is 17.8 Å². The van der Waals surface area contributed by atoms with Crippen molar-refractivity contribution in [2.24, 2.45) is 18.9 Å². The normalized spacial score (nSPS) is 20.6. The number of nitrogens with one attached hydrogen (secondary N) is 1. The SMILES string of the molecule is Cn1cc(CN2C[C@@H]3[C@@H](CNC(=O)c4cccnc4)CO[C@@H]3C2)cn1.O=C(O)C(F)(F)F.O=C(O)C(F)(F)F. The van der Waals surface area contributed by atoms with E-state index in [0.717, 1.165) is 26.2 Å². The maximum Gasteiger partial charge on any atom is 0.490 e. The number of alkyl halides is 6. The number of carbonyl (C=O) groups is 3. The van der Waals surface area contributed by atoms with Gasteiger partial charge < -0.3 is 20.3 Å². The molecule has 216 valence electrons. The lowest BCUT2D eigenvalue weighted by atomic mass is 9.93. The first-order chi connectivity index (χ1) is 18.1. The molecule has 0 radical (unpaired) electrons. The number of carboxylic acids is 2. The highest BCUT2D eigenvalue weighted by molar-refractivity contribution is 5.93. The first-order valence-electron chi connectivity index (χ1n) is 11.2. The smallest absolute Gasteiger partial charge is 0.475 e. The highest BCUT2D eigenvalue weighted by atomic mass is 19.4. The summed E-state index contributed by atoms with van der Waals surface area (Å²) in [6.07, 6.45) is -2.66. The van der Waals surface area contributed by atoms with Crippen molar-refractivity contribution in [2.75, 3.05) is 26.2 Å². The van der Waals surface area contributed by atoms with Crippen molar-refractivity contribution in [1.29, 1.82) is 0 Å². The Kier molecular flexibility index (Phi) is 10.8. The van der Waals surface area contributed by atoms with Crippen molar-refractivity contribution in [3.63, 3.8) is 0 Å². The summed E-state index contributed by atoms with van der Waals surface area (Å²) in [4.78, 5) is 36.4. The molecule has 0 bridgehead atoms. The molecule has 0 aliphatic carbocycles. The number of carboxylic acid groups (broad SMARTS) is 2. The van der Waals surface area contributed by atoms with Crippen LogP contribution in [-0.2, 0) is 27.9 Å². The lowest BCUT2D eigenvalue weighted by molar-refractivity contribution is -0.193. The monoisotopic (exact) mass is 569 g/mol. The van der Waals surface area contributed by atoms with Gasteiger partial charge in [-0.15, -0.1) is 0 Å². The molecule has 0 saturated carbocycles. The Balaban J connectivity index is 0.000000317. The number of pyridine rings is 1. The maximum absolute atomic E-state index is 12.2. The van der Waals surface area contributed by atoms with Gasteiger partial charge in [-0.2, -0.15) is 31.4 Å². The first kappa shape index (κ1) is 31.5. The molecule has 2 saturated heterocycles. The van der Waals surface area contributed by atoms with Gasteiger partial charge in [0.1, 0.15) is 0 Å². The van der Waals surface area contributed by atoms with Crippen LogP contribution in [0.15, 0.2) is 36.9 Å². The minimum Gasteiger partial charge on any atom is -0.475 e. The van der Waals surface area contributed by atoms with E-state index in [9.17, 15) is 31.1 Å². The number of rotatable bonds is 5. The number of aryl methyl sites for hydroxylation is 1.